The molecule has 2 aromatic carbocycles. The van der Waals surface area contributed by atoms with Gasteiger partial charge < -0.3 is 20.3 Å². The van der Waals surface area contributed by atoms with Gasteiger partial charge in [0.05, 0.1) is 29.9 Å². The summed E-state index contributed by atoms with van der Waals surface area (Å²) in [5, 5.41) is 31.6. The molecule has 5 rings (SSSR count). The molecule has 214 valence electrons. The van der Waals surface area contributed by atoms with Gasteiger partial charge in [-0.2, -0.15) is 16.9 Å². The minimum Gasteiger partial charge on any atom is -0.379 e. The van der Waals surface area contributed by atoms with Gasteiger partial charge in [-0.1, -0.05) is 29.8 Å². The smallest absolute Gasteiger partial charge is 0.276 e. The predicted octanol–water partition coefficient (Wildman–Crippen LogP) is 1.96. The molecule has 3 heterocycles. The summed E-state index contributed by atoms with van der Waals surface area (Å²) in [7, 11) is 0. The number of nitrogens with zero attached hydrogens (tertiary/aromatic N) is 3. The van der Waals surface area contributed by atoms with Crippen LogP contribution >= 0.6 is 23.4 Å². The molecular formula is C28H34ClN5O5S. The van der Waals surface area contributed by atoms with E-state index in [0.717, 1.165) is 35.5 Å². The fourth-order valence-electron chi connectivity index (χ4n) is 5.10. The van der Waals surface area contributed by atoms with Gasteiger partial charge in [-0.25, -0.2) is 0 Å². The fourth-order valence-corrected chi connectivity index (χ4v) is 6.18. The number of amides is 1. The maximum Gasteiger partial charge on any atom is 0.276 e. The Kier molecular flexibility index (Phi) is 9.41. The van der Waals surface area contributed by atoms with Crippen molar-refractivity contribution in [3.8, 4) is 0 Å². The van der Waals surface area contributed by atoms with Crippen molar-refractivity contribution >= 4 is 40.2 Å². The lowest BCUT2D eigenvalue weighted by Gasteiger charge is -2.38. The van der Waals surface area contributed by atoms with Crippen LogP contribution in [0.5, 0.6) is 0 Å². The Balaban J connectivity index is 1.38. The summed E-state index contributed by atoms with van der Waals surface area (Å²) in [5.74, 6) is -1.26. The molecule has 4 N–H and O–H groups in total. The van der Waals surface area contributed by atoms with Crippen molar-refractivity contribution < 1.29 is 19.7 Å². The molecule has 40 heavy (non-hydrogen) atoms. The van der Waals surface area contributed by atoms with E-state index in [1.807, 2.05) is 18.2 Å². The van der Waals surface area contributed by atoms with Crippen molar-refractivity contribution in [2.75, 3.05) is 50.9 Å². The zero-order chi connectivity index (χ0) is 28.1. The third-order valence-corrected chi connectivity index (χ3v) is 8.61. The Bertz CT molecular complexity index is 1390. The van der Waals surface area contributed by atoms with Crippen molar-refractivity contribution in [2.45, 2.75) is 31.8 Å². The zero-order valence-electron chi connectivity index (χ0n) is 22.2. The molecule has 1 aromatic heterocycles. The number of carbonyl (C=O) groups excluding carboxylic acids is 1. The van der Waals surface area contributed by atoms with Crippen molar-refractivity contribution in [2.24, 2.45) is 0 Å². The first-order chi connectivity index (χ1) is 19.3. The highest BCUT2D eigenvalue weighted by Crippen LogP contribution is 2.24. The Hall–Kier alpha value is -2.51. The van der Waals surface area contributed by atoms with E-state index in [1.54, 1.807) is 17.0 Å². The number of carbonyl (C=O) groups is 1. The summed E-state index contributed by atoms with van der Waals surface area (Å²) in [5.41, 5.74) is 2.72. The van der Waals surface area contributed by atoms with Crippen molar-refractivity contribution in [1.29, 1.82) is 0 Å². The topological polar surface area (TPSA) is 131 Å². The lowest BCUT2D eigenvalue weighted by molar-refractivity contribution is -0.247. The molecule has 0 bridgehead atoms. The number of halogens is 1. The standard InChI is InChI=1S/C28H34ClN5O5S/c29-22-5-3-19(4-6-22)16-30-27(36)25-26(35)23-15-20(17-33-8-11-39-12-9-33)14-21(24(23)31-32-25)2-1-7-34-10-13-40-18-28(34,37)38/h3-6,14-15,37-38H,1-2,7-13,16-18H2,(H,30,36)(H,31,35). The van der Waals surface area contributed by atoms with E-state index >= 15 is 0 Å². The van der Waals surface area contributed by atoms with Crippen LogP contribution in [-0.4, -0.2) is 92.9 Å². The van der Waals surface area contributed by atoms with E-state index in [2.05, 4.69) is 26.5 Å². The van der Waals surface area contributed by atoms with Crippen LogP contribution in [-0.2, 0) is 24.2 Å². The van der Waals surface area contributed by atoms with Crippen LogP contribution in [0, 0.1) is 0 Å². The number of hydrogen-bond acceptors (Lipinski definition) is 9. The zero-order valence-corrected chi connectivity index (χ0v) is 23.8. The van der Waals surface area contributed by atoms with E-state index < -0.39 is 17.2 Å². The molecular weight excluding hydrogens is 554 g/mol. The van der Waals surface area contributed by atoms with Gasteiger partial charge in [0, 0.05) is 50.0 Å². The first kappa shape index (κ1) is 29.0. The summed E-state index contributed by atoms with van der Waals surface area (Å²) in [6, 6.07) is 11.0. The lowest BCUT2D eigenvalue weighted by atomic mass is 10.00. The number of H-pyrrole nitrogens is 1. The third kappa shape index (κ3) is 7.03. The molecule has 0 saturated carbocycles. The summed E-state index contributed by atoms with van der Waals surface area (Å²) in [6.45, 7) is 4.95. The number of rotatable bonds is 9. The monoisotopic (exact) mass is 587 g/mol. The predicted molar refractivity (Wildman–Crippen MR) is 155 cm³/mol. The van der Waals surface area contributed by atoms with E-state index in [0.29, 0.717) is 61.6 Å². The highest BCUT2D eigenvalue weighted by Gasteiger charge is 2.34. The molecule has 0 atom stereocenters. The second kappa shape index (κ2) is 13.0. The van der Waals surface area contributed by atoms with Gasteiger partial charge in [-0.05, 0) is 47.7 Å². The van der Waals surface area contributed by atoms with Crippen molar-refractivity contribution in [3.63, 3.8) is 0 Å². The fraction of sp³-hybridized carbons (Fsp3) is 0.464. The highest BCUT2D eigenvalue weighted by atomic mass is 35.5. The molecule has 0 radical (unpaired) electrons. The molecule has 2 aliphatic rings. The second-order valence-corrected chi connectivity index (χ2v) is 11.7. The van der Waals surface area contributed by atoms with Crippen LogP contribution < -0.4 is 10.7 Å². The number of aryl methyl sites for hydroxylation is 1. The van der Waals surface area contributed by atoms with Crippen LogP contribution in [0.4, 0.5) is 0 Å². The maximum atomic E-state index is 13.6. The van der Waals surface area contributed by atoms with Crippen molar-refractivity contribution in [3.05, 3.63) is 74.0 Å². The number of ether oxygens (including phenoxy) is 1. The summed E-state index contributed by atoms with van der Waals surface area (Å²) in [6.07, 6.45) is 1.27. The average Bonchev–Trinajstić information content (AvgIpc) is 2.94. The van der Waals surface area contributed by atoms with E-state index in [4.69, 9.17) is 16.3 Å². The van der Waals surface area contributed by atoms with Gasteiger partial charge in [-0.3, -0.25) is 24.5 Å². The summed E-state index contributed by atoms with van der Waals surface area (Å²) in [4.78, 5) is 30.5. The van der Waals surface area contributed by atoms with Crippen LogP contribution in [0.3, 0.4) is 0 Å². The number of aromatic amines is 1. The second-order valence-electron chi connectivity index (χ2n) is 10.2. The van der Waals surface area contributed by atoms with Gasteiger partial charge in [0.2, 0.25) is 11.3 Å². The van der Waals surface area contributed by atoms with Crippen molar-refractivity contribution in [1.82, 2.24) is 25.3 Å². The summed E-state index contributed by atoms with van der Waals surface area (Å²) < 4.78 is 5.48. The van der Waals surface area contributed by atoms with Gasteiger partial charge in [0.15, 0.2) is 5.69 Å². The summed E-state index contributed by atoms with van der Waals surface area (Å²) >= 11 is 7.46. The quantitative estimate of drug-likeness (QED) is 0.277. The number of nitrogens with one attached hydrogen (secondary N) is 2. The van der Waals surface area contributed by atoms with Gasteiger partial charge in [-0.15, -0.1) is 0 Å². The number of thioether (sulfide) groups is 1. The SMILES string of the molecule is O=C(NCc1ccc(Cl)cc1)c1n[nH]c2c(CCCN3CCSCC3(O)O)cc(CN3CCOCC3)cc2c1=O. The Labute approximate surface area is 241 Å². The van der Waals surface area contributed by atoms with Gasteiger partial charge in [0.25, 0.3) is 5.91 Å². The maximum absolute atomic E-state index is 13.6. The molecule has 2 saturated heterocycles. The Morgan fingerprint density at radius 2 is 1.93 bits per heavy atom. The van der Waals surface area contributed by atoms with Crippen LogP contribution in [0.2, 0.25) is 5.02 Å². The number of benzene rings is 2. The van der Waals surface area contributed by atoms with Crippen LogP contribution in [0.15, 0.2) is 41.2 Å². The first-order valence-electron chi connectivity index (χ1n) is 13.4. The number of hydrogen-bond donors (Lipinski definition) is 4. The van der Waals surface area contributed by atoms with Gasteiger partial charge >= 0.3 is 0 Å². The molecule has 10 nitrogen and oxygen atoms in total. The molecule has 2 aliphatic heterocycles. The molecule has 1 amide bonds. The lowest BCUT2D eigenvalue weighted by Crippen LogP contribution is -2.54. The molecule has 3 aromatic rings. The first-order valence-corrected chi connectivity index (χ1v) is 15.0. The Morgan fingerprint density at radius 3 is 2.67 bits per heavy atom. The number of fused-ring (bicyclic) bond motifs is 1. The average molecular weight is 588 g/mol. The van der Waals surface area contributed by atoms with Crippen LogP contribution in [0.25, 0.3) is 10.9 Å². The third-order valence-electron chi connectivity index (χ3n) is 7.29. The molecule has 12 heteroatoms. The van der Waals surface area contributed by atoms with Crippen LogP contribution in [0.1, 0.15) is 33.6 Å². The van der Waals surface area contributed by atoms with E-state index in [9.17, 15) is 19.8 Å². The molecule has 0 unspecified atom stereocenters. The number of aromatic nitrogens is 2. The van der Waals surface area contributed by atoms with E-state index in [-0.39, 0.29) is 18.0 Å². The van der Waals surface area contributed by atoms with E-state index in [1.165, 1.54) is 11.8 Å². The van der Waals surface area contributed by atoms with Gasteiger partial charge in [0.1, 0.15) is 0 Å². The molecule has 0 aliphatic carbocycles. The number of aliphatic hydroxyl groups is 2. The normalized spacial score (nSPS) is 18.2. The molecule has 2 fully saturated rings. The highest BCUT2D eigenvalue weighted by molar-refractivity contribution is 7.99. The minimum absolute atomic E-state index is 0.188. The minimum atomic E-state index is -1.81. The largest absolute Gasteiger partial charge is 0.379 e. The molecule has 0 spiro atoms. The Morgan fingerprint density at radius 1 is 1.15 bits per heavy atom. The number of morpholine rings is 1.